The van der Waals surface area contributed by atoms with Crippen molar-refractivity contribution in [3.63, 3.8) is 0 Å². The Morgan fingerprint density at radius 1 is 1.32 bits per heavy atom. The molecule has 1 aromatic carbocycles. The van der Waals surface area contributed by atoms with Crippen molar-refractivity contribution in [1.29, 1.82) is 0 Å². The zero-order chi connectivity index (χ0) is 15.9. The molecule has 3 rings (SSSR count). The van der Waals surface area contributed by atoms with Crippen molar-refractivity contribution in [2.45, 2.75) is 17.5 Å². The standard InChI is InChI=1S/C14H11F2N3O2S/c1-22-14-18-12-11(13(21)19-14)8(5-10(20)17-12)7-3-2-6(15)4-9(7)16/h2-4,8H,5H2,1H3,(H2,17,18,19,20,21)/t8-/m1/s1. The first-order valence-corrected chi connectivity index (χ1v) is 7.65. The van der Waals surface area contributed by atoms with Crippen LogP contribution in [-0.2, 0) is 4.79 Å². The molecule has 0 aliphatic carbocycles. The third-order valence-corrected chi connectivity index (χ3v) is 4.04. The third-order valence-electron chi connectivity index (χ3n) is 3.46. The van der Waals surface area contributed by atoms with Crippen LogP contribution in [0.15, 0.2) is 28.2 Å². The number of rotatable bonds is 2. The van der Waals surface area contributed by atoms with Crippen LogP contribution in [0.25, 0.3) is 0 Å². The first-order chi connectivity index (χ1) is 10.5. The molecule has 2 heterocycles. The molecule has 0 unspecified atom stereocenters. The zero-order valence-corrected chi connectivity index (χ0v) is 12.3. The van der Waals surface area contributed by atoms with Gasteiger partial charge in [-0.3, -0.25) is 9.59 Å². The number of carbonyl (C=O) groups is 1. The lowest BCUT2D eigenvalue weighted by molar-refractivity contribution is -0.116. The molecule has 1 aromatic heterocycles. The van der Waals surface area contributed by atoms with Gasteiger partial charge in [0.05, 0.1) is 5.56 Å². The Bertz CT molecular complexity index is 822. The average molecular weight is 323 g/mol. The van der Waals surface area contributed by atoms with Gasteiger partial charge in [-0.1, -0.05) is 17.8 Å². The number of nitrogens with zero attached hydrogens (tertiary/aromatic N) is 1. The summed E-state index contributed by atoms with van der Waals surface area (Å²) < 4.78 is 27.1. The molecule has 0 fully saturated rings. The Morgan fingerprint density at radius 3 is 2.77 bits per heavy atom. The number of hydrogen-bond donors (Lipinski definition) is 2. The number of fused-ring (bicyclic) bond motifs is 1. The van der Waals surface area contributed by atoms with Crippen LogP contribution < -0.4 is 10.9 Å². The van der Waals surface area contributed by atoms with Gasteiger partial charge in [0, 0.05) is 18.4 Å². The highest BCUT2D eigenvalue weighted by Gasteiger charge is 2.32. The van der Waals surface area contributed by atoms with E-state index < -0.39 is 23.1 Å². The van der Waals surface area contributed by atoms with E-state index >= 15 is 0 Å². The van der Waals surface area contributed by atoms with Crippen LogP contribution in [0.2, 0.25) is 0 Å². The van der Waals surface area contributed by atoms with Gasteiger partial charge >= 0.3 is 0 Å². The minimum atomic E-state index is -0.795. The number of aromatic amines is 1. The fourth-order valence-electron chi connectivity index (χ4n) is 2.50. The van der Waals surface area contributed by atoms with Gasteiger partial charge in [-0.15, -0.1) is 0 Å². The maximum absolute atomic E-state index is 14.0. The molecule has 2 aromatic rings. The molecule has 0 saturated heterocycles. The number of halogens is 2. The number of anilines is 1. The average Bonchev–Trinajstić information content (AvgIpc) is 2.45. The van der Waals surface area contributed by atoms with Crippen molar-refractivity contribution >= 4 is 23.5 Å². The summed E-state index contributed by atoms with van der Waals surface area (Å²) in [6.07, 6.45) is 1.63. The number of nitrogens with one attached hydrogen (secondary N) is 2. The highest BCUT2D eigenvalue weighted by atomic mass is 32.2. The van der Waals surface area contributed by atoms with E-state index in [1.807, 2.05) is 0 Å². The normalized spacial score (nSPS) is 17.0. The van der Waals surface area contributed by atoms with E-state index in [-0.39, 0.29) is 29.3 Å². The van der Waals surface area contributed by atoms with Gasteiger partial charge in [-0.25, -0.2) is 13.8 Å². The van der Waals surface area contributed by atoms with Gasteiger partial charge in [-0.05, 0) is 17.9 Å². The Labute approximate surface area is 128 Å². The van der Waals surface area contributed by atoms with Gasteiger partial charge in [0.15, 0.2) is 5.16 Å². The lowest BCUT2D eigenvalue weighted by Gasteiger charge is -2.24. The van der Waals surface area contributed by atoms with Crippen LogP contribution in [0.3, 0.4) is 0 Å². The van der Waals surface area contributed by atoms with Crippen LogP contribution in [0, 0.1) is 11.6 Å². The van der Waals surface area contributed by atoms with Gasteiger partial charge in [0.1, 0.15) is 17.5 Å². The van der Waals surface area contributed by atoms with Crippen molar-refractivity contribution in [3.05, 3.63) is 51.3 Å². The Kier molecular flexibility index (Phi) is 3.69. The molecule has 0 radical (unpaired) electrons. The smallest absolute Gasteiger partial charge is 0.257 e. The van der Waals surface area contributed by atoms with E-state index in [1.165, 1.54) is 17.8 Å². The molecular weight excluding hydrogens is 312 g/mol. The van der Waals surface area contributed by atoms with E-state index in [2.05, 4.69) is 15.3 Å². The third kappa shape index (κ3) is 2.50. The second-order valence-corrected chi connectivity index (χ2v) is 5.60. The minimum Gasteiger partial charge on any atom is -0.310 e. The number of carbonyl (C=O) groups excluding carboxylic acids is 1. The molecule has 1 atom stereocenters. The number of H-pyrrole nitrogens is 1. The van der Waals surface area contributed by atoms with Crippen LogP contribution in [0.5, 0.6) is 0 Å². The molecule has 0 spiro atoms. The summed E-state index contributed by atoms with van der Waals surface area (Å²) in [5, 5.41) is 2.88. The van der Waals surface area contributed by atoms with Crippen molar-refractivity contribution < 1.29 is 13.6 Å². The Balaban J connectivity index is 2.19. The van der Waals surface area contributed by atoms with Crippen molar-refractivity contribution in [1.82, 2.24) is 9.97 Å². The van der Waals surface area contributed by atoms with Gasteiger partial charge in [0.2, 0.25) is 5.91 Å². The quantitative estimate of drug-likeness (QED) is 0.656. The SMILES string of the molecule is CSc1nc2c(c(=O)[nH]1)[C@@H](c1ccc(F)cc1F)CC(=O)N2. The van der Waals surface area contributed by atoms with Crippen molar-refractivity contribution in [3.8, 4) is 0 Å². The Morgan fingerprint density at radius 2 is 2.09 bits per heavy atom. The molecule has 0 bridgehead atoms. The topological polar surface area (TPSA) is 74.8 Å². The predicted molar refractivity (Wildman–Crippen MR) is 78.1 cm³/mol. The highest BCUT2D eigenvalue weighted by molar-refractivity contribution is 7.98. The van der Waals surface area contributed by atoms with Crippen molar-refractivity contribution in [2.75, 3.05) is 11.6 Å². The molecule has 5 nitrogen and oxygen atoms in total. The fraction of sp³-hybridized carbons (Fsp3) is 0.214. The van der Waals surface area contributed by atoms with Gasteiger partial charge in [0.25, 0.3) is 5.56 Å². The van der Waals surface area contributed by atoms with E-state index in [1.54, 1.807) is 6.26 Å². The molecule has 1 aliphatic heterocycles. The molecule has 1 amide bonds. The van der Waals surface area contributed by atoms with Crippen LogP contribution >= 0.6 is 11.8 Å². The number of benzene rings is 1. The molecule has 1 aliphatic rings. The molecule has 2 N–H and O–H groups in total. The van der Waals surface area contributed by atoms with E-state index in [9.17, 15) is 18.4 Å². The number of amides is 1. The van der Waals surface area contributed by atoms with Crippen LogP contribution in [0.4, 0.5) is 14.6 Å². The largest absolute Gasteiger partial charge is 0.310 e. The summed E-state index contributed by atoms with van der Waals surface area (Å²) in [6.45, 7) is 0. The number of hydrogen-bond acceptors (Lipinski definition) is 4. The predicted octanol–water partition coefficient (Wildman–Crippen LogP) is 2.24. The second kappa shape index (κ2) is 5.53. The van der Waals surface area contributed by atoms with Crippen LogP contribution in [0.1, 0.15) is 23.5 Å². The monoisotopic (exact) mass is 323 g/mol. The maximum Gasteiger partial charge on any atom is 0.257 e. The summed E-state index contributed by atoms with van der Waals surface area (Å²) in [5.74, 6) is -2.55. The van der Waals surface area contributed by atoms with E-state index in [0.29, 0.717) is 5.16 Å². The summed E-state index contributed by atoms with van der Waals surface area (Å²) >= 11 is 1.22. The first-order valence-electron chi connectivity index (χ1n) is 6.42. The van der Waals surface area contributed by atoms with E-state index in [0.717, 1.165) is 12.1 Å². The van der Waals surface area contributed by atoms with Crippen LogP contribution in [-0.4, -0.2) is 22.1 Å². The summed E-state index contributed by atoms with van der Waals surface area (Å²) in [5.41, 5.74) is -0.160. The molecule has 114 valence electrons. The fourth-order valence-corrected chi connectivity index (χ4v) is 2.87. The van der Waals surface area contributed by atoms with E-state index in [4.69, 9.17) is 0 Å². The number of thioether (sulfide) groups is 1. The highest BCUT2D eigenvalue weighted by Crippen LogP contribution is 2.35. The van der Waals surface area contributed by atoms with Gasteiger partial charge in [-0.2, -0.15) is 0 Å². The van der Waals surface area contributed by atoms with Crippen molar-refractivity contribution in [2.24, 2.45) is 0 Å². The zero-order valence-electron chi connectivity index (χ0n) is 11.4. The number of aromatic nitrogens is 2. The molecular formula is C14H11F2N3O2S. The summed E-state index contributed by atoms with van der Waals surface area (Å²) in [7, 11) is 0. The summed E-state index contributed by atoms with van der Waals surface area (Å²) in [4.78, 5) is 30.8. The second-order valence-electron chi connectivity index (χ2n) is 4.81. The van der Waals surface area contributed by atoms with Gasteiger partial charge < -0.3 is 10.3 Å². The lowest BCUT2D eigenvalue weighted by atomic mass is 9.86. The summed E-state index contributed by atoms with van der Waals surface area (Å²) in [6, 6.07) is 3.08. The molecule has 0 saturated carbocycles. The minimum absolute atomic E-state index is 0.0983. The maximum atomic E-state index is 14.0. The Hall–Kier alpha value is -2.22. The molecule has 22 heavy (non-hydrogen) atoms. The lowest BCUT2D eigenvalue weighted by Crippen LogP contribution is -2.31. The molecule has 8 heteroatoms. The first kappa shape index (κ1) is 14.7.